The van der Waals surface area contributed by atoms with Crippen molar-refractivity contribution >= 4 is 29.9 Å². The summed E-state index contributed by atoms with van der Waals surface area (Å²) in [6.45, 7) is 3.87. The van der Waals surface area contributed by atoms with Crippen molar-refractivity contribution < 1.29 is 4.74 Å². The van der Waals surface area contributed by atoms with Crippen molar-refractivity contribution in [2.75, 3.05) is 40.8 Å². The molecule has 0 spiro atoms. The smallest absolute Gasteiger partial charge is 0.192 e. The van der Waals surface area contributed by atoms with Crippen LogP contribution in [0.2, 0.25) is 0 Å². The molecule has 0 saturated heterocycles. The lowest BCUT2D eigenvalue weighted by molar-refractivity contribution is 0.295. The van der Waals surface area contributed by atoms with E-state index in [4.69, 9.17) is 11.2 Å². The second kappa shape index (κ2) is 12.0. The Morgan fingerprint density at radius 2 is 2.04 bits per heavy atom. The molecule has 1 rings (SSSR count). The van der Waals surface area contributed by atoms with Gasteiger partial charge in [-0.3, -0.25) is 4.99 Å². The van der Waals surface area contributed by atoms with E-state index in [1.165, 1.54) is 0 Å². The summed E-state index contributed by atoms with van der Waals surface area (Å²) in [5.74, 6) is 4.15. The van der Waals surface area contributed by atoms with Gasteiger partial charge in [0.15, 0.2) is 5.96 Å². The first-order chi connectivity index (χ1) is 10.6. The number of ether oxygens (including phenoxy) is 1. The second-order valence-corrected chi connectivity index (χ2v) is 5.00. The molecular formula is C17H27IN4O. The average molecular weight is 430 g/mol. The molecule has 6 heteroatoms. The maximum atomic E-state index is 5.46. The Balaban J connectivity index is 0.00000484. The van der Waals surface area contributed by atoms with E-state index < -0.39 is 0 Å². The molecule has 0 aromatic heterocycles. The minimum absolute atomic E-state index is 0. The zero-order chi connectivity index (χ0) is 16.4. The number of nitrogens with one attached hydrogen (secondary N) is 2. The van der Waals surface area contributed by atoms with Gasteiger partial charge in [0, 0.05) is 12.1 Å². The highest BCUT2D eigenvalue weighted by Gasteiger charge is 2.17. The third-order valence-corrected chi connectivity index (χ3v) is 3.25. The summed E-state index contributed by atoms with van der Waals surface area (Å²) in [5.41, 5.74) is 1.12. The van der Waals surface area contributed by atoms with Gasteiger partial charge < -0.3 is 20.3 Å². The fourth-order valence-corrected chi connectivity index (χ4v) is 2.14. The Hall–Kier alpha value is -1.46. The minimum atomic E-state index is 0. The minimum Gasteiger partial charge on any atom is -0.496 e. The van der Waals surface area contributed by atoms with E-state index in [1.54, 1.807) is 7.11 Å². The predicted octanol–water partition coefficient (Wildman–Crippen LogP) is 2.10. The van der Waals surface area contributed by atoms with Crippen molar-refractivity contribution in [1.29, 1.82) is 0 Å². The van der Waals surface area contributed by atoms with Crippen LogP contribution in [0.1, 0.15) is 18.5 Å². The molecule has 0 radical (unpaired) electrons. The van der Waals surface area contributed by atoms with Crippen molar-refractivity contribution in [2.24, 2.45) is 4.99 Å². The first kappa shape index (κ1) is 21.5. The molecule has 1 aromatic carbocycles. The number of guanidine groups is 1. The molecule has 0 amide bonds. The molecule has 0 fully saturated rings. The van der Waals surface area contributed by atoms with Gasteiger partial charge >= 0.3 is 0 Å². The monoisotopic (exact) mass is 430 g/mol. The number of para-hydroxylation sites is 1. The van der Waals surface area contributed by atoms with Gasteiger partial charge in [0.2, 0.25) is 0 Å². The summed E-state index contributed by atoms with van der Waals surface area (Å²) in [6.07, 6.45) is 5.29. The summed E-state index contributed by atoms with van der Waals surface area (Å²) >= 11 is 0. The highest BCUT2D eigenvalue weighted by Crippen LogP contribution is 2.27. The van der Waals surface area contributed by atoms with E-state index in [1.807, 2.05) is 39.2 Å². The standard InChI is InChI=1S/C17H26N4O.HI/c1-6-12-19-17(18-7-2)20-13-15(21(3)4)14-10-8-9-11-16(14)22-5;/h1,8-11,15H,7,12-13H2,2-5H3,(H2,18,19,20);1H. The third kappa shape index (κ3) is 7.10. The van der Waals surface area contributed by atoms with Gasteiger partial charge in [-0.25, -0.2) is 0 Å². The van der Waals surface area contributed by atoms with Crippen LogP contribution < -0.4 is 15.4 Å². The van der Waals surface area contributed by atoms with E-state index in [0.29, 0.717) is 13.1 Å². The molecule has 0 aliphatic heterocycles. The van der Waals surface area contributed by atoms with Crippen LogP contribution in [0.5, 0.6) is 5.75 Å². The van der Waals surface area contributed by atoms with Gasteiger partial charge in [0.1, 0.15) is 5.75 Å². The molecule has 23 heavy (non-hydrogen) atoms. The zero-order valence-electron chi connectivity index (χ0n) is 14.3. The van der Waals surface area contributed by atoms with E-state index in [9.17, 15) is 0 Å². The van der Waals surface area contributed by atoms with Crippen molar-refractivity contribution in [2.45, 2.75) is 13.0 Å². The number of hydrogen-bond donors (Lipinski definition) is 2. The summed E-state index contributed by atoms with van der Waals surface area (Å²) in [7, 11) is 5.76. The topological polar surface area (TPSA) is 48.9 Å². The lowest BCUT2D eigenvalue weighted by Crippen LogP contribution is -2.38. The molecule has 0 saturated carbocycles. The van der Waals surface area contributed by atoms with Crippen LogP contribution in [0.25, 0.3) is 0 Å². The van der Waals surface area contributed by atoms with E-state index in [0.717, 1.165) is 23.8 Å². The number of methoxy groups -OCH3 is 1. The van der Waals surface area contributed by atoms with Crippen molar-refractivity contribution in [3.05, 3.63) is 29.8 Å². The van der Waals surface area contributed by atoms with Gasteiger partial charge in [0.05, 0.1) is 26.2 Å². The molecule has 0 bridgehead atoms. The zero-order valence-corrected chi connectivity index (χ0v) is 16.6. The van der Waals surface area contributed by atoms with Crippen LogP contribution >= 0.6 is 24.0 Å². The number of aliphatic imine (C=N–C) groups is 1. The summed E-state index contributed by atoms with van der Waals surface area (Å²) < 4.78 is 5.46. The van der Waals surface area contributed by atoms with Crippen molar-refractivity contribution in [1.82, 2.24) is 15.5 Å². The fourth-order valence-electron chi connectivity index (χ4n) is 2.14. The van der Waals surface area contributed by atoms with Crippen LogP contribution in [0.3, 0.4) is 0 Å². The molecule has 1 atom stereocenters. The molecule has 0 aliphatic rings. The first-order valence-electron chi connectivity index (χ1n) is 7.39. The van der Waals surface area contributed by atoms with Crippen LogP contribution in [0.15, 0.2) is 29.3 Å². The van der Waals surface area contributed by atoms with Gasteiger partial charge in [-0.1, -0.05) is 24.1 Å². The molecule has 0 heterocycles. The number of halogens is 1. The molecule has 5 nitrogen and oxygen atoms in total. The molecule has 1 aromatic rings. The Kier molecular flexibility index (Phi) is 11.3. The Bertz CT molecular complexity index is 526. The molecule has 0 aliphatic carbocycles. The summed E-state index contributed by atoms with van der Waals surface area (Å²) in [4.78, 5) is 6.76. The van der Waals surface area contributed by atoms with Gasteiger partial charge in [-0.2, -0.15) is 0 Å². The number of likely N-dealkylation sites (N-methyl/N-ethyl adjacent to an activating group) is 1. The lowest BCUT2D eigenvalue weighted by Gasteiger charge is -2.25. The number of hydrogen-bond acceptors (Lipinski definition) is 3. The van der Waals surface area contributed by atoms with E-state index in [2.05, 4.69) is 32.5 Å². The van der Waals surface area contributed by atoms with Crippen LogP contribution in [0, 0.1) is 12.3 Å². The number of rotatable bonds is 7. The molecule has 128 valence electrons. The highest BCUT2D eigenvalue weighted by atomic mass is 127. The maximum Gasteiger partial charge on any atom is 0.192 e. The van der Waals surface area contributed by atoms with Crippen LogP contribution in [-0.4, -0.2) is 51.7 Å². The lowest BCUT2D eigenvalue weighted by atomic mass is 10.0. The average Bonchev–Trinajstić information content (AvgIpc) is 2.52. The van der Waals surface area contributed by atoms with E-state index in [-0.39, 0.29) is 30.0 Å². The number of terminal acetylenes is 1. The first-order valence-corrected chi connectivity index (χ1v) is 7.39. The Morgan fingerprint density at radius 1 is 1.35 bits per heavy atom. The number of nitrogens with zero attached hydrogens (tertiary/aromatic N) is 2. The number of benzene rings is 1. The highest BCUT2D eigenvalue weighted by molar-refractivity contribution is 14.0. The Labute approximate surface area is 156 Å². The second-order valence-electron chi connectivity index (χ2n) is 5.00. The van der Waals surface area contributed by atoms with E-state index >= 15 is 0 Å². The fraction of sp³-hybridized carbons (Fsp3) is 0.471. The van der Waals surface area contributed by atoms with Gasteiger partial charge in [-0.05, 0) is 27.1 Å². The molecule has 1 unspecified atom stereocenters. The summed E-state index contributed by atoms with van der Waals surface area (Å²) in [6, 6.07) is 8.15. The quantitative estimate of drug-likeness (QED) is 0.301. The van der Waals surface area contributed by atoms with Crippen molar-refractivity contribution in [3.63, 3.8) is 0 Å². The predicted molar refractivity (Wildman–Crippen MR) is 108 cm³/mol. The largest absolute Gasteiger partial charge is 0.496 e. The summed E-state index contributed by atoms with van der Waals surface area (Å²) in [5, 5.41) is 6.28. The van der Waals surface area contributed by atoms with Crippen molar-refractivity contribution in [3.8, 4) is 18.1 Å². The third-order valence-electron chi connectivity index (χ3n) is 3.25. The van der Waals surface area contributed by atoms with Gasteiger partial charge in [-0.15, -0.1) is 30.4 Å². The van der Waals surface area contributed by atoms with Crippen LogP contribution in [-0.2, 0) is 0 Å². The molecule has 2 N–H and O–H groups in total. The molecular weight excluding hydrogens is 403 g/mol. The Morgan fingerprint density at radius 3 is 2.61 bits per heavy atom. The van der Waals surface area contributed by atoms with Gasteiger partial charge in [0.25, 0.3) is 0 Å². The van der Waals surface area contributed by atoms with Crippen LogP contribution in [0.4, 0.5) is 0 Å². The normalized spacial score (nSPS) is 12.1. The SMILES string of the molecule is C#CCNC(=NCC(c1ccccc1OC)N(C)C)NCC.I. The maximum absolute atomic E-state index is 5.46.